The van der Waals surface area contributed by atoms with Gasteiger partial charge in [0.2, 0.25) is 0 Å². The number of ether oxygens (including phenoxy) is 1. The van der Waals surface area contributed by atoms with Gasteiger partial charge in [0.15, 0.2) is 11.9 Å². The van der Waals surface area contributed by atoms with Gasteiger partial charge in [-0.2, -0.15) is 0 Å². The molecule has 3 rings (SSSR count). The first-order valence-electron chi connectivity index (χ1n) is 11.0. The molecule has 3 aromatic carbocycles. The Bertz CT molecular complexity index is 1090. The fourth-order valence-corrected chi connectivity index (χ4v) is 3.41. The van der Waals surface area contributed by atoms with Crippen molar-refractivity contribution in [3.63, 3.8) is 0 Å². The summed E-state index contributed by atoms with van der Waals surface area (Å²) in [6.45, 7) is 10.3. The van der Waals surface area contributed by atoms with Crippen molar-refractivity contribution in [3.8, 4) is 5.75 Å². The molecule has 0 saturated carbocycles. The lowest BCUT2D eigenvalue weighted by Gasteiger charge is -2.19. The number of hydrogen-bond donors (Lipinski definition) is 1. The first kappa shape index (κ1) is 23.3. The molecule has 0 fully saturated rings. The van der Waals surface area contributed by atoms with E-state index in [1.165, 1.54) is 5.56 Å². The van der Waals surface area contributed by atoms with Crippen molar-refractivity contribution in [2.24, 2.45) is 0 Å². The SMILES string of the molecule is CC[C@@H](Oc1ccccc1C)C(=O)Nc1cccc(C(=O)c2ccc(C(C)(C)C)cc2)c1. The van der Waals surface area contributed by atoms with Crippen LogP contribution < -0.4 is 10.1 Å². The lowest BCUT2D eigenvalue weighted by Crippen LogP contribution is -2.32. The quantitative estimate of drug-likeness (QED) is 0.447. The second-order valence-corrected chi connectivity index (χ2v) is 9.01. The van der Waals surface area contributed by atoms with Crippen LogP contribution in [0.4, 0.5) is 5.69 Å². The van der Waals surface area contributed by atoms with Crippen LogP contribution in [0.1, 0.15) is 61.2 Å². The number of rotatable bonds is 7. The fourth-order valence-electron chi connectivity index (χ4n) is 3.41. The third-order valence-electron chi connectivity index (χ3n) is 5.43. The van der Waals surface area contributed by atoms with E-state index in [4.69, 9.17) is 4.74 Å². The molecule has 1 amide bonds. The predicted octanol–water partition coefficient (Wildman–Crippen LogP) is 6.32. The number of carbonyl (C=O) groups is 2. The minimum absolute atomic E-state index is 0.0297. The molecule has 166 valence electrons. The summed E-state index contributed by atoms with van der Waals surface area (Å²) in [6.07, 6.45) is -0.0979. The summed E-state index contributed by atoms with van der Waals surface area (Å²) in [5.41, 5.74) is 3.90. The van der Waals surface area contributed by atoms with Crippen LogP contribution in [0, 0.1) is 6.92 Å². The number of benzene rings is 3. The van der Waals surface area contributed by atoms with Crippen LogP contribution in [0.15, 0.2) is 72.8 Å². The van der Waals surface area contributed by atoms with Gasteiger partial charge in [0.05, 0.1) is 0 Å². The van der Waals surface area contributed by atoms with Crippen LogP contribution >= 0.6 is 0 Å². The van der Waals surface area contributed by atoms with Crippen molar-refractivity contribution in [1.82, 2.24) is 0 Å². The summed E-state index contributed by atoms with van der Waals surface area (Å²) in [6, 6.07) is 22.3. The Morgan fingerprint density at radius 1 is 0.906 bits per heavy atom. The van der Waals surface area contributed by atoms with E-state index in [2.05, 4.69) is 26.1 Å². The smallest absolute Gasteiger partial charge is 0.265 e. The molecule has 0 radical (unpaired) electrons. The Morgan fingerprint density at radius 2 is 1.59 bits per heavy atom. The summed E-state index contributed by atoms with van der Waals surface area (Å²) in [5.74, 6) is 0.372. The van der Waals surface area contributed by atoms with Crippen molar-refractivity contribution in [1.29, 1.82) is 0 Å². The molecule has 0 aliphatic carbocycles. The van der Waals surface area contributed by atoms with E-state index in [0.29, 0.717) is 29.0 Å². The molecule has 0 saturated heterocycles. The fraction of sp³-hybridized carbons (Fsp3) is 0.286. The molecule has 0 bridgehead atoms. The number of ketones is 1. The number of carbonyl (C=O) groups excluding carboxylic acids is 2. The van der Waals surface area contributed by atoms with Gasteiger partial charge in [-0.25, -0.2) is 0 Å². The lowest BCUT2D eigenvalue weighted by molar-refractivity contribution is -0.122. The lowest BCUT2D eigenvalue weighted by atomic mass is 9.86. The monoisotopic (exact) mass is 429 g/mol. The van der Waals surface area contributed by atoms with Gasteiger partial charge in [-0.3, -0.25) is 9.59 Å². The Hall–Kier alpha value is -3.40. The molecule has 4 nitrogen and oxygen atoms in total. The Balaban J connectivity index is 1.73. The Kier molecular flexibility index (Phi) is 7.14. The molecule has 0 aromatic heterocycles. The maximum absolute atomic E-state index is 13.0. The third-order valence-corrected chi connectivity index (χ3v) is 5.43. The van der Waals surface area contributed by atoms with Gasteiger partial charge in [0.25, 0.3) is 5.91 Å². The van der Waals surface area contributed by atoms with Gasteiger partial charge in [0.1, 0.15) is 5.75 Å². The molecule has 1 atom stereocenters. The topological polar surface area (TPSA) is 55.4 Å². The zero-order chi connectivity index (χ0) is 23.3. The molecule has 4 heteroatoms. The zero-order valence-electron chi connectivity index (χ0n) is 19.4. The number of nitrogens with one attached hydrogen (secondary N) is 1. The number of amides is 1. The highest BCUT2D eigenvalue weighted by Gasteiger charge is 2.20. The molecule has 0 unspecified atom stereocenters. The Morgan fingerprint density at radius 3 is 2.22 bits per heavy atom. The average molecular weight is 430 g/mol. The second-order valence-electron chi connectivity index (χ2n) is 9.01. The largest absolute Gasteiger partial charge is 0.480 e. The van der Waals surface area contributed by atoms with Crippen LogP contribution in [0.5, 0.6) is 5.75 Å². The molecular weight excluding hydrogens is 398 g/mol. The number of aryl methyl sites for hydroxylation is 1. The van der Waals surface area contributed by atoms with Crippen LogP contribution in [0.25, 0.3) is 0 Å². The van der Waals surface area contributed by atoms with Gasteiger partial charge in [0, 0.05) is 16.8 Å². The summed E-state index contributed by atoms with van der Waals surface area (Å²) in [7, 11) is 0. The highest BCUT2D eigenvalue weighted by atomic mass is 16.5. The van der Waals surface area contributed by atoms with Gasteiger partial charge in [-0.1, -0.05) is 82.3 Å². The van der Waals surface area contributed by atoms with Crippen molar-refractivity contribution in [2.45, 2.75) is 52.6 Å². The van der Waals surface area contributed by atoms with Crippen molar-refractivity contribution in [3.05, 3.63) is 95.1 Å². The minimum atomic E-state index is -0.625. The van der Waals surface area contributed by atoms with E-state index in [9.17, 15) is 9.59 Å². The first-order valence-corrected chi connectivity index (χ1v) is 11.0. The van der Waals surface area contributed by atoms with Gasteiger partial charge in [-0.05, 0) is 48.1 Å². The van der Waals surface area contributed by atoms with Gasteiger partial charge in [-0.15, -0.1) is 0 Å². The Labute approximate surface area is 190 Å². The predicted molar refractivity (Wildman–Crippen MR) is 130 cm³/mol. The van der Waals surface area contributed by atoms with Crippen LogP contribution in [0.3, 0.4) is 0 Å². The third kappa shape index (κ3) is 5.64. The van der Waals surface area contributed by atoms with E-state index in [1.54, 1.807) is 24.3 Å². The summed E-state index contributed by atoms with van der Waals surface area (Å²) < 4.78 is 5.94. The minimum Gasteiger partial charge on any atom is -0.480 e. The van der Waals surface area contributed by atoms with E-state index in [-0.39, 0.29) is 17.1 Å². The standard InChI is InChI=1S/C28H31NO3/c1-6-24(32-25-13-8-7-10-19(25)2)27(31)29-23-12-9-11-21(18-23)26(30)20-14-16-22(17-15-20)28(3,4)5/h7-18,24H,6H2,1-5H3,(H,29,31)/t24-/m1/s1. The molecule has 32 heavy (non-hydrogen) atoms. The van der Waals surface area contributed by atoms with E-state index < -0.39 is 6.10 Å². The van der Waals surface area contributed by atoms with E-state index >= 15 is 0 Å². The highest BCUT2D eigenvalue weighted by Crippen LogP contribution is 2.24. The molecule has 1 N–H and O–H groups in total. The van der Waals surface area contributed by atoms with Gasteiger partial charge < -0.3 is 10.1 Å². The van der Waals surface area contributed by atoms with Crippen LogP contribution in [0.2, 0.25) is 0 Å². The highest BCUT2D eigenvalue weighted by molar-refractivity contribution is 6.09. The molecule has 0 spiro atoms. The summed E-state index contributed by atoms with van der Waals surface area (Å²) in [4.78, 5) is 25.8. The maximum Gasteiger partial charge on any atom is 0.265 e. The van der Waals surface area contributed by atoms with E-state index in [0.717, 1.165) is 5.56 Å². The molecule has 0 aliphatic heterocycles. The maximum atomic E-state index is 13.0. The molecule has 0 heterocycles. The average Bonchev–Trinajstić information content (AvgIpc) is 2.77. The number of hydrogen-bond acceptors (Lipinski definition) is 3. The number of para-hydroxylation sites is 1. The number of anilines is 1. The molecule has 0 aliphatic rings. The molecular formula is C28H31NO3. The normalized spacial score (nSPS) is 12.2. The zero-order valence-corrected chi connectivity index (χ0v) is 19.4. The van der Waals surface area contributed by atoms with Crippen molar-refractivity contribution >= 4 is 17.4 Å². The van der Waals surface area contributed by atoms with E-state index in [1.807, 2.05) is 62.4 Å². The second kappa shape index (κ2) is 9.82. The molecule has 3 aromatic rings. The summed E-state index contributed by atoms with van der Waals surface area (Å²) in [5, 5.41) is 2.89. The van der Waals surface area contributed by atoms with Crippen LogP contribution in [-0.2, 0) is 10.2 Å². The van der Waals surface area contributed by atoms with Crippen molar-refractivity contribution in [2.75, 3.05) is 5.32 Å². The summed E-state index contributed by atoms with van der Waals surface area (Å²) >= 11 is 0. The van der Waals surface area contributed by atoms with Crippen LogP contribution in [-0.4, -0.2) is 17.8 Å². The van der Waals surface area contributed by atoms with Gasteiger partial charge >= 0.3 is 0 Å². The van der Waals surface area contributed by atoms with Crippen molar-refractivity contribution < 1.29 is 14.3 Å². The first-order chi connectivity index (χ1) is 15.2.